The van der Waals surface area contributed by atoms with Crippen LogP contribution in [0.25, 0.3) is 11.0 Å². The van der Waals surface area contributed by atoms with Gasteiger partial charge in [0.05, 0.1) is 36.3 Å². The Labute approximate surface area is 217 Å². The van der Waals surface area contributed by atoms with E-state index in [0.29, 0.717) is 42.9 Å². The van der Waals surface area contributed by atoms with Crippen molar-refractivity contribution in [3.63, 3.8) is 0 Å². The lowest BCUT2D eigenvalue weighted by Gasteiger charge is -2.33. The molecule has 0 saturated carbocycles. The first-order valence-electron chi connectivity index (χ1n) is 12.0. The van der Waals surface area contributed by atoms with Crippen LogP contribution in [0.3, 0.4) is 0 Å². The van der Waals surface area contributed by atoms with Crippen molar-refractivity contribution in [2.75, 3.05) is 32.1 Å². The number of carbonyl (C=O) groups is 2. The summed E-state index contributed by atoms with van der Waals surface area (Å²) in [5.74, 6) is 1.55. The number of morpholine rings is 1. The SMILES string of the molecule is CNC(=O)Cc1nc2ccccc2n1CC(=O)N1CCO[C@H](c2cc(Nc3ncc(C)s3)nc(C)n2)C1. The zero-order valence-electron chi connectivity index (χ0n) is 20.9. The Morgan fingerprint density at radius 3 is 2.81 bits per heavy atom. The van der Waals surface area contributed by atoms with Crippen molar-refractivity contribution in [3.05, 3.63) is 58.7 Å². The summed E-state index contributed by atoms with van der Waals surface area (Å²) in [7, 11) is 1.59. The fourth-order valence-corrected chi connectivity index (χ4v) is 4.97. The molecule has 2 N–H and O–H groups in total. The van der Waals surface area contributed by atoms with Crippen molar-refractivity contribution in [2.45, 2.75) is 32.9 Å². The van der Waals surface area contributed by atoms with E-state index in [4.69, 9.17) is 4.74 Å². The number of imidazole rings is 1. The van der Waals surface area contributed by atoms with E-state index in [9.17, 15) is 9.59 Å². The Morgan fingerprint density at radius 2 is 2.03 bits per heavy atom. The number of rotatable bonds is 7. The van der Waals surface area contributed by atoms with Gasteiger partial charge in [-0.25, -0.2) is 19.9 Å². The molecule has 1 fully saturated rings. The molecule has 37 heavy (non-hydrogen) atoms. The van der Waals surface area contributed by atoms with E-state index < -0.39 is 0 Å². The van der Waals surface area contributed by atoms with Gasteiger partial charge in [-0.2, -0.15) is 0 Å². The lowest BCUT2D eigenvalue weighted by molar-refractivity contribution is -0.139. The molecular weight excluding hydrogens is 492 g/mol. The highest BCUT2D eigenvalue weighted by atomic mass is 32.1. The number of likely N-dealkylation sites (N-methyl/N-ethyl adjacent to an activating group) is 1. The first kappa shape index (κ1) is 24.8. The molecule has 1 aromatic carbocycles. The Bertz CT molecular complexity index is 1450. The molecule has 1 aliphatic rings. The van der Waals surface area contributed by atoms with E-state index in [0.717, 1.165) is 21.0 Å². The Kier molecular flexibility index (Phi) is 7.10. The third-order valence-electron chi connectivity index (χ3n) is 6.09. The number of anilines is 2. The number of ether oxygens (including phenoxy) is 1. The topological polar surface area (TPSA) is 127 Å². The molecular formula is C25H28N8O3S. The van der Waals surface area contributed by atoms with Crippen LogP contribution in [0.15, 0.2) is 36.5 Å². The molecule has 12 heteroatoms. The molecule has 3 aromatic heterocycles. The fourth-order valence-electron chi connectivity index (χ4n) is 4.30. The van der Waals surface area contributed by atoms with Crippen LogP contribution in [0.1, 0.15) is 28.3 Å². The van der Waals surface area contributed by atoms with Crippen LogP contribution in [0, 0.1) is 13.8 Å². The highest BCUT2D eigenvalue weighted by Crippen LogP contribution is 2.26. The normalized spacial score (nSPS) is 15.6. The molecule has 0 spiro atoms. The molecule has 192 valence electrons. The van der Waals surface area contributed by atoms with Crippen molar-refractivity contribution < 1.29 is 14.3 Å². The first-order valence-corrected chi connectivity index (χ1v) is 12.8. The largest absolute Gasteiger partial charge is 0.368 e. The number of hydrogen-bond donors (Lipinski definition) is 2. The molecule has 11 nitrogen and oxygen atoms in total. The van der Waals surface area contributed by atoms with E-state index in [2.05, 4.69) is 30.6 Å². The van der Waals surface area contributed by atoms with Crippen LogP contribution in [-0.2, 0) is 27.3 Å². The van der Waals surface area contributed by atoms with Gasteiger partial charge in [-0.1, -0.05) is 12.1 Å². The predicted octanol–water partition coefficient (Wildman–Crippen LogP) is 2.53. The summed E-state index contributed by atoms with van der Waals surface area (Å²) in [6.07, 6.45) is 1.51. The minimum atomic E-state index is -0.386. The van der Waals surface area contributed by atoms with Crippen LogP contribution >= 0.6 is 11.3 Å². The van der Waals surface area contributed by atoms with Crippen LogP contribution in [0.5, 0.6) is 0 Å². The average Bonchev–Trinajstić information content (AvgIpc) is 3.46. The van der Waals surface area contributed by atoms with Gasteiger partial charge in [-0.15, -0.1) is 11.3 Å². The summed E-state index contributed by atoms with van der Waals surface area (Å²) < 4.78 is 7.83. The molecule has 0 unspecified atom stereocenters. The van der Waals surface area contributed by atoms with Crippen molar-refractivity contribution in [1.29, 1.82) is 0 Å². The fraction of sp³-hybridized carbons (Fsp3) is 0.360. The maximum atomic E-state index is 13.4. The van der Waals surface area contributed by atoms with Gasteiger partial charge in [0.1, 0.15) is 30.1 Å². The molecule has 5 rings (SSSR count). The minimum Gasteiger partial charge on any atom is -0.368 e. The van der Waals surface area contributed by atoms with Gasteiger partial charge in [0.25, 0.3) is 0 Å². The summed E-state index contributed by atoms with van der Waals surface area (Å²) in [5.41, 5.74) is 2.27. The van der Waals surface area contributed by atoms with Gasteiger partial charge in [0, 0.05) is 30.7 Å². The van der Waals surface area contributed by atoms with Crippen molar-refractivity contribution in [2.24, 2.45) is 0 Å². The molecule has 0 aliphatic carbocycles. The van der Waals surface area contributed by atoms with E-state index in [-0.39, 0.29) is 30.9 Å². The maximum Gasteiger partial charge on any atom is 0.242 e. The minimum absolute atomic E-state index is 0.0722. The summed E-state index contributed by atoms with van der Waals surface area (Å²) in [6.45, 7) is 5.13. The van der Waals surface area contributed by atoms with Crippen LogP contribution in [-0.4, -0.2) is 68.0 Å². The van der Waals surface area contributed by atoms with Crippen molar-refractivity contribution >= 4 is 45.1 Å². The number of para-hydroxylation sites is 2. The quantitative estimate of drug-likeness (QED) is 0.381. The monoisotopic (exact) mass is 520 g/mol. The van der Waals surface area contributed by atoms with Crippen molar-refractivity contribution in [3.8, 4) is 0 Å². The van der Waals surface area contributed by atoms with Gasteiger partial charge >= 0.3 is 0 Å². The second kappa shape index (κ2) is 10.6. The van der Waals surface area contributed by atoms with E-state index in [1.54, 1.807) is 29.5 Å². The van der Waals surface area contributed by atoms with Gasteiger partial charge < -0.3 is 24.8 Å². The second-order valence-electron chi connectivity index (χ2n) is 8.78. The number of aryl methyl sites for hydroxylation is 2. The standard InChI is InChI=1S/C25H28N8O3S/c1-15-12-27-25(37-15)31-21-10-18(28-16(2)29-21)20-13-32(8-9-36-20)24(35)14-33-19-7-5-4-6-17(19)30-22(33)11-23(34)26-3/h4-7,10,12,20H,8-9,11,13-14H2,1-3H3,(H,26,34)(H,27,28,29,31)/t20-/m0/s1. The Balaban J connectivity index is 1.34. The number of amides is 2. The van der Waals surface area contributed by atoms with Crippen LogP contribution < -0.4 is 10.6 Å². The number of fused-ring (bicyclic) bond motifs is 1. The lowest BCUT2D eigenvalue weighted by Crippen LogP contribution is -2.44. The number of carbonyl (C=O) groups excluding carboxylic acids is 2. The van der Waals surface area contributed by atoms with E-state index in [1.807, 2.05) is 48.7 Å². The van der Waals surface area contributed by atoms with Gasteiger partial charge in [0.15, 0.2) is 5.13 Å². The van der Waals surface area contributed by atoms with Gasteiger partial charge in [-0.3, -0.25) is 9.59 Å². The third-order valence-corrected chi connectivity index (χ3v) is 6.92. The second-order valence-corrected chi connectivity index (χ2v) is 10.0. The summed E-state index contributed by atoms with van der Waals surface area (Å²) in [6, 6.07) is 9.42. The first-order chi connectivity index (χ1) is 17.9. The number of thiazole rings is 1. The summed E-state index contributed by atoms with van der Waals surface area (Å²) in [4.78, 5) is 46.4. The molecule has 1 atom stereocenters. The predicted molar refractivity (Wildman–Crippen MR) is 140 cm³/mol. The van der Waals surface area contributed by atoms with Gasteiger partial charge in [0.2, 0.25) is 11.8 Å². The molecule has 1 saturated heterocycles. The number of nitrogens with one attached hydrogen (secondary N) is 2. The Hall–Kier alpha value is -3.90. The summed E-state index contributed by atoms with van der Waals surface area (Å²) in [5, 5.41) is 6.61. The molecule has 1 aliphatic heterocycles. The Morgan fingerprint density at radius 1 is 1.19 bits per heavy atom. The van der Waals surface area contributed by atoms with Crippen LogP contribution in [0.2, 0.25) is 0 Å². The van der Waals surface area contributed by atoms with Gasteiger partial charge in [-0.05, 0) is 26.0 Å². The molecule has 0 radical (unpaired) electrons. The molecule has 0 bridgehead atoms. The number of nitrogens with zero attached hydrogens (tertiary/aromatic N) is 6. The number of aromatic nitrogens is 5. The highest BCUT2D eigenvalue weighted by Gasteiger charge is 2.28. The number of benzene rings is 1. The summed E-state index contributed by atoms with van der Waals surface area (Å²) >= 11 is 1.54. The lowest BCUT2D eigenvalue weighted by atomic mass is 10.2. The van der Waals surface area contributed by atoms with Crippen LogP contribution in [0.4, 0.5) is 10.9 Å². The molecule has 2 amide bonds. The smallest absolute Gasteiger partial charge is 0.242 e. The molecule has 4 heterocycles. The molecule has 4 aromatic rings. The maximum absolute atomic E-state index is 13.4. The average molecular weight is 521 g/mol. The highest BCUT2D eigenvalue weighted by molar-refractivity contribution is 7.15. The third kappa shape index (κ3) is 5.59. The van der Waals surface area contributed by atoms with Crippen molar-refractivity contribution in [1.82, 2.24) is 34.7 Å². The zero-order valence-corrected chi connectivity index (χ0v) is 21.7. The number of hydrogen-bond acceptors (Lipinski definition) is 9. The van der Waals surface area contributed by atoms with E-state index >= 15 is 0 Å². The van der Waals surface area contributed by atoms with E-state index in [1.165, 1.54) is 0 Å². The zero-order chi connectivity index (χ0) is 25.9.